The minimum Gasteiger partial charge on any atom is -0.374 e. The Morgan fingerprint density at radius 2 is 2.12 bits per heavy atom. The molecule has 0 spiro atoms. The standard InChI is InChI=1S/C18H23FN4O2/c1-12-9-13(2)23(21-12)11-16-10-22(7-8-25-16)17(18(20)24)14-3-5-15(19)6-4-14/h3-6,9,16-17H,7-8,10-11H2,1-2H3,(H2,20,24)/t16-,17+/m1/s1. The summed E-state index contributed by atoms with van der Waals surface area (Å²) < 4.78 is 20.9. The first kappa shape index (κ1) is 17.6. The van der Waals surface area contributed by atoms with Gasteiger partial charge in [0.2, 0.25) is 5.91 Å². The second-order valence-electron chi connectivity index (χ2n) is 6.45. The quantitative estimate of drug-likeness (QED) is 0.892. The van der Waals surface area contributed by atoms with E-state index in [1.807, 2.05) is 29.5 Å². The highest BCUT2D eigenvalue weighted by Crippen LogP contribution is 2.24. The molecule has 1 aliphatic heterocycles. The average Bonchev–Trinajstić information content (AvgIpc) is 2.87. The molecule has 0 radical (unpaired) electrons. The van der Waals surface area contributed by atoms with E-state index in [4.69, 9.17) is 10.5 Å². The Bertz CT molecular complexity index is 744. The summed E-state index contributed by atoms with van der Waals surface area (Å²) in [5, 5.41) is 4.46. The lowest BCUT2D eigenvalue weighted by Gasteiger charge is -2.37. The minimum atomic E-state index is -0.590. The van der Waals surface area contributed by atoms with Crippen LogP contribution in [0.2, 0.25) is 0 Å². The van der Waals surface area contributed by atoms with Crippen molar-refractivity contribution in [1.82, 2.24) is 14.7 Å². The Morgan fingerprint density at radius 3 is 2.72 bits per heavy atom. The van der Waals surface area contributed by atoms with Gasteiger partial charge in [-0.05, 0) is 37.6 Å². The second-order valence-corrected chi connectivity index (χ2v) is 6.45. The van der Waals surface area contributed by atoms with Crippen LogP contribution in [0.5, 0.6) is 0 Å². The van der Waals surface area contributed by atoms with Gasteiger partial charge in [-0.2, -0.15) is 5.10 Å². The van der Waals surface area contributed by atoms with E-state index in [9.17, 15) is 9.18 Å². The monoisotopic (exact) mass is 346 g/mol. The Balaban J connectivity index is 1.75. The maximum absolute atomic E-state index is 13.2. The zero-order valence-electron chi connectivity index (χ0n) is 14.5. The Hall–Kier alpha value is -2.25. The van der Waals surface area contributed by atoms with E-state index in [0.29, 0.717) is 31.8 Å². The molecule has 3 rings (SSSR count). The molecule has 0 saturated carbocycles. The number of carbonyl (C=O) groups excluding carboxylic acids is 1. The summed E-state index contributed by atoms with van der Waals surface area (Å²) in [4.78, 5) is 14.0. The highest BCUT2D eigenvalue weighted by atomic mass is 19.1. The molecule has 0 unspecified atom stereocenters. The number of aromatic nitrogens is 2. The van der Waals surface area contributed by atoms with Crippen LogP contribution in [0.1, 0.15) is 23.0 Å². The Labute approximate surface area is 146 Å². The van der Waals surface area contributed by atoms with Gasteiger partial charge < -0.3 is 10.5 Å². The van der Waals surface area contributed by atoms with Crippen molar-refractivity contribution in [3.05, 3.63) is 53.1 Å². The van der Waals surface area contributed by atoms with Crippen LogP contribution in [0, 0.1) is 19.7 Å². The molecule has 2 N–H and O–H groups in total. The van der Waals surface area contributed by atoms with Gasteiger partial charge >= 0.3 is 0 Å². The fourth-order valence-corrected chi connectivity index (χ4v) is 3.34. The summed E-state index contributed by atoms with van der Waals surface area (Å²) in [7, 11) is 0. The van der Waals surface area contributed by atoms with E-state index in [0.717, 1.165) is 11.4 Å². The number of rotatable bonds is 5. The number of primary amides is 1. The van der Waals surface area contributed by atoms with E-state index < -0.39 is 11.9 Å². The number of nitrogens with two attached hydrogens (primary N) is 1. The number of ether oxygens (including phenoxy) is 1. The third-order valence-electron chi connectivity index (χ3n) is 4.47. The van der Waals surface area contributed by atoms with Gasteiger partial charge in [0.1, 0.15) is 11.9 Å². The SMILES string of the molecule is Cc1cc(C)n(C[C@H]2CN([C@H](C(N)=O)c3ccc(F)cc3)CCO2)n1. The molecule has 2 aromatic rings. The Kier molecular flexibility index (Phi) is 5.15. The Morgan fingerprint density at radius 1 is 1.40 bits per heavy atom. The molecule has 134 valence electrons. The normalized spacial score (nSPS) is 19.7. The highest BCUT2D eigenvalue weighted by molar-refractivity contribution is 5.81. The molecule has 1 saturated heterocycles. The van der Waals surface area contributed by atoms with Crippen LogP contribution in [0.3, 0.4) is 0 Å². The fourth-order valence-electron chi connectivity index (χ4n) is 3.34. The maximum atomic E-state index is 13.2. The summed E-state index contributed by atoms with van der Waals surface area (Å²) in [5.74, 6) is -0.783. The molecule has 7 heteroatoms. The van der Waals surface area contributed by atoms with Gasteiger partial charge in [0.15, 0.2) is 0 Å². The molecule has 25 heavy (non-hydrogen) atoms. The first-order valence-corrected chi connectivity index (χ1v) is 8.35. The van der Waals surface area contributed by atoms with Crippen LogP contribution in [0.4, 0.5) is 4.39 Å². The van der Waals surface area contributed by atoms with Crippen molar-refractivity contribution in [1.29, 1.82) is 0 Å². The number of amides is 1. The topological polar surface area (TPSA) is 73.4 Å². The number of halogens is 1. The molecule has 0 aliphatic carbocycles. The van der Waals surface area contributed by atoms with Gasteiger partial charge in [0.25, 0.3) is 0 Å². The molecule has 0 bridgehead atoms. The van der Waals surface area contributed by atoms with Gasteiger partial charge in [-0.3, -0.25) is 14.4 Å². The summed E-state index contributed by atoms with van der Waals surface area (Å²) in [6, 6.07) is 7.34. The van der Waals surface area contributed by atoms with Crippen LogP contribution >= 0.6 is 0 Å². The third kappa shape index (κ3) is 4.05. The molecular weight excluding hydrogens is 323 g/mol. The van der Waals surface area contributed by atoms with E-state index in [1.54, 1.807) is 12.1 Å². The number of benzene rings is 1. The predicted octanol–water partition coefficient (Wildman–Crippen LogP) is 1.57. The van der Waals surface area contributed by atoms with Gasteiger partial charge in [-0.1, -0.05) is 12.1 Å². The first-order valence-electron chi connectivity index (χ1n) is 8.35. The van der Waals surface area contributed by atoms with E-state index in [2.05, 4.69) is 5.10 Å². The van der Waals surface area contributed by atoms with E-state index >= 15 is 0 Å². The summed E-state index contributed by atoms with van der Waals surface area (Å²) in [6.45, 7) is 6.24. The molecule has 1 fully saturated rings. The van der Waals surface area contributed by atoms with E-state index in [-0.39, 0.29) is 11.9 Å². The summed E-state index contributed by atoms with van der Waals surface area (Å²) in [6.07, 6.45) is -0.0888. The lowest BCUT2D eigenvalue weighted by atomic mass is 10.0. The van der Waals surface area contributed by atoms with E-state index in [1.165, 1.54) is 12.1 Å². The van der Waals surface area contributed by atoms with Crippen molar-refractivity contribution in [2.75, 3.05) is 19.7 Å². The number of hydrogen-bond acceptors (Lipinski definition) is 4. The van der Waals surface area contributed by atoms with Crippen molar-refractivity contribution >= 4 is 5.91 Å². The lowest BCUT2D eigenvalue weighted by molar-refractivity contribution is -0.127. The highest BCUT2D eigenvalue weighted by Gasteiger charge is 2.31. The zero-order valence-corrected chi connectivity index (χ0v) is 14.5. The van der Waals surface area contributed by atoms with Gasteiger partial charge in [-0.15, -0.1) is 0 Å². The van der Waals surface area contributed by atoms with Gasteiger partial charge in [0.05, 0.1) is 24.9 Å². The van der Waals surface area contributed by atoms with Crippen molar-refractivity contribution < 1.29 is 13.9 Å². The van der Waals surface area contributed by atoms with Crippen molar-refractivity contribution in [2.45, 2.75) is 32.5 Å². The smallest absolute Gasteiger partial charge is 0.239 e. The zero-order chi connectivity index (χ0) is 18.0. The predicted molar refractivity (Wildman–Crippen MR) is 91.3 cm³/mol. The van der Waals surface area contributed by atoms with Crippen LogP contribution in [0.25, 0.3) is 0 Å². The van der Waals surface area contributed by atoms with Crippen molar-refractivity contribution in [3.8, 4) is 0 Å². The number of nitrogens with zero attached hydrogens (tertiary/aromatic N) is 3. The fraction of sp³-hybridized carbons (Fsp3) is 0.444. The molecule has 2 heterocycles. The average molecular weight is 346 g/mol. The first-order chi connectivity index (χ1) is 11.9. The lowest BCUT2D eigenvalue weighted by Crippen LogP contribution is -2.49. The molecule has 6 nitrogen and oxygen atoms in total. The largest absolute Gasteiger partial charge is 0.374 e. The number of aryl methyl sites for hydroxylation is 2. The maximum Gasteiger partial charge on any atom is 0.239 e. The second kappa shape index (κ2) is 7.33. The van der Waals surface area contributed by atoms with Crippen molar-refractivity contribution in [3.63, 3.8) is 0 Å². The molecule has 1 aliphatic rings. The summed E-state index contributed by atoms with van der Waals surface area (Å²) >= 11 is 0. The minimum absolute atomic E-state index is 0.0888. The van der Waals surface area contributed by atoms with Crippen LogP contribution < -0.4 is 5.73 Å². The molecule has 1 aromatic carbocycles. The third-order valence-corrected chi connectivity index (χ3v) is 4.47. The molecular formula is C18H23FN4O2. The molecule has 1 aromatic heterocycles. The van der Waals surface area contributed by atoms with Gasteiger partial charge in [0, 0.05) is 18.8 Å². The number of morpholine rings is 1. The molecule has 2 atom stereocenters. The van der Waals surface area contributed by atoms with Crippen LogP contribution in [-0.4, -0.2) is 46.4 Å². The summed E-state index contributed by atoms with van der Waals surface area (Å²) in [5.41, 5.74) is 8.36. The van der Waals surface area contributed by atoms with Crippen LogP contribution in [0.15, 0.2) is 30.3 Å². The number of carbonyl (C=O) groups is 1. The van der Waals surface area contributed by atoms with Crippen molar-refractivity contribution in [2.24, 2.45) is 5.73 Å². The number of hydrogen-bond donors (Lipinski definition) is 1. The van der Waals surface area contributed by atoms with Gasteiger partial charge in [-0.25, -0.2) is 4.39 Å². The van der Waals surface area contributed by atoms with Crippen LogP contribution in [-0.2, 0) is 16.1 Å². The molecule has 1 amide bonds.